The van der Waals surface area contributed by atoms with Gasteiger partial charge in [-0.1, -0.05) is 23.8 Å². The number of carbonyl (C=O) groups excluding carboxylic acids is 2. The highest BCUT2D eigenvalue weighted by Crippen LogP contribution is 2.27. The minimum Gasteiger partial charge on any atom is -0.272 e. The zero-order valence-electron chi connectivity index (χ0n) is 15.6. The number of fused-ring (bicyclic) bond motifs is 1. The fraction of sp³-hybridized carbons (Fsp3) is 0.158. The number of nitrogens with one attached hydrogen (secondary N) is 2. The van der Waals surface area contributed by atoms with Crippen LogP contribution < -0.4 is 10.9 Å². The summed E-state index contributed by atoms with van der Waals surface area (Å²) in [6, 6.07) is 12.2. The van der Waals surface area contributed by atoms with Crippen LogP contribution in [0, 0.1) is 12.7 Å². The van der Waals surface area contributed by atoms with Crippen LogP contribution in [-0.2, 0) is 14.8 Å². The molecule has 2 N–H and O–H groups in total. The smallest absolute Gasteiger partial charge is 0.272 e. The van der Waals surface area contributed by atoms with Crippen molar-refractivity contribution in [2.45, 2.75) is 11.8 Å². The highest BCUT2D eigenvalue weighted by Gasteiger charge is 2.23. The molecule has 0 bridgehead atoms. The molecule has 0 radical (unpaired) electrons. The number of rotatable bonds is 5. The van der Waals surface area contributed by atoms with Crippen molar-refractivity contribution >= 4 is 43.3 Å². The molecular formula is C19H18FN3O4S2. The third-order valence-corrected chi connectivity index (χ3v) is 7.06. The van der Waals surface area contributed by atoms with E-state index in [4.69, 9.17) is 0 Å². The van der Waals surface area contributed by atoms with Gasteiger partial charge in [0.15, 0.2) is 0 Å². The molecule has 3 rings (SSSR count). The van der Waals surface area contributed by atoms with Crippen LogP contribution in [0.1, 0.15) is 15.2 Å². The Balaban J connectivity index is 1.60. The van der Waals surface area contributed by atoms with E-state index in [2.05, 4.69) is 10.9 Å². The molecule has 29 heavy (non-hydrogen) atoms. The quantitative estimate of drug-likeness (QED) is 0.602. The van der Waals surface area contributed by atoms with Gasteiger partial charge in [-0.2, -0.15) is 4.31 Å². The number of likely N-dealkylation sites (N-methyl/N-ethyl adjacent to an activating group) is 1. The van der Waals surface area contributed by atoms with E-state index in [-0.39, 0.29) is 9.77 Å². The van der Waals surface area contributed by atoms with Gasteiger partial charge in [-0.05, 0) is 37.3 Å². The van der Waals surface area contributed by atoms with Gasteiger partial charge in [0.05, 0.1) is 16.3 Å². The molecule has 0 aliphatic carbocycles. The molecule has 0 spiro atoms. The van der Waals surface area contributed by atoms with Crippen molar-refractivity contribution in [3.05, 3.63) is 64.8 Å². The zero-order chi connectivity index (χ0) is 21.2. The molecule has 0 atom stereocenters. The highest BCUT2D eigenvalue weighted by atomic mass is 32.2. The van der Waals surface area contributed by atoms with Crippen molar-refractivity contribution in [2.24, 2.45) is 0 Å². The number of carbonyl (C=O) groups is 2. The number of hydrazine groups is 1. The summed E-state index contributed by atoms with van der Waals surface area (Å²) in [7, 11) is -2.57. The van der Waals surface area contributed by atoms with Crippen LogP contribution in [0.5, 0.6) is 0 Å². The van der Waals surface area contributed by atoms with E-state index in [9.17, 15) is 22.4 Å². The van der Waals surface area contributed by atoms with Crippen molar-refractivity contribution in [1.29, 1.82) is 0 Å². The number of thiophene rings is 1. The standard InChI is InChI=1S/C19H18FN3O4S2/c1-12-6-8-13(9-7-12)29(26,27)23(2)11-18(24)21-22-19(25)17-10-14-15(20)4-3-5-16(14)28-17/h3-10H,11H2,1-2H3,(H,21,24)(H,22,25). The SMILES string of the molecule is Cc1ccc(S(=O)(=O)N(C)CC(=O)NNC(=O)c2cc3c(F)cccc3s2)cc1. The Labute approximate surface area is 171 Å². The van der Waals surface area contributed by atoms with Crippen molar-refractivity contribution in [1.82, 2.24) is 15.2 Å². The second kappa shape index (κ2) is 8.27. The van der Waals surface area contributed by atoms with Gasteiger partial charge < -0.3 is 0 Å². The lowest BCUT2D eigenvalue weighted by molar-refractivity contribution is -0.121. The van der Waals surface area contributed by atoms with Crippen LogP contribution in [0.2, 0.25) is 0 Å². The van der Waals surface area contributed by atoms with E-state index in [1.54, 1.807) is 24.3 Å². The fourth-order valence-corrected chi connectivity index (χ4v) is 4.64. The van der Waals surface area contributed by atoms with E-state index < -0.39 is 34.2 Å². The Kier molecular flexibility index (Phi) is 5.96. The van der Waals surface area contributed by atoms with E-state index in [1.807, 2.05) is 6.92 Å². The van der Waals surface area contributed by atoms with Gasteiger partial charge in [0.1, 0.15) is 5.82 Å². The lowest BCUT2D eigenvalue weighted by atomic mass is 10.2. The minimum absolute atomic E-state index is 0.0646. The Morgan fingerprint density at radius 3 is 2.45 bits per heavy atom. The molecule has 1 aromatic heterocycles. The predicted octanol–water partition coefficient (Wildman–Crippen LogP) is 2.43. The Morgan fingerprint density at radius 2 is 1.79 bits per heavy atom. The Bertz CT molecular complexity index is 1170. The zero-order valence-corrected chi connectivity index (χ0v) is 17.2. The number of hydrogen-bond acceptors (Lipinski definition) is 5. The maximum Gasteiger partial charge on any atom is 0.279 e. The van der Waals surface area contributed by atoms with Crippen molar-refractivity contribution in [3.63, 3.8) is 0 Å². The summed E-state index contributed by atoms with van der Waals surface area (Å²) < 4.78 is 40.2. The van der Waals surface area contributed by atoms with Gasteiger partial charge in [0, 0.05) is 17.1 Å². The first-order valence-electron chi connectivity index (χ1n) is 8.49. The number of amides is 2. The van der Waals surface area contributed by atoms with Crippen LogP contribution in [0.15, 0.2) is 53.4 Å². The molecule has 3 aromatic rings. The van der Waals surface area contributed by atoms with Crippen LogP contribution >= 0.6 is 11.3 Å². The van der Waals surface area contributed by atoms with E-state index >= 15 is 0 Å². The van der Waals surface area contributed by atoms with Crippen LogP contribution in [0.3, 0.4) is 0 Å². The summed E-state index contributed by atoms with van der Waals surface area (Å²) in [6.07, 6.45) is 0. The first-order chi connectivity index (χ1) is 13.7. The maximum absolute atomic E-state index is 13.7. The van der Waals surface area contributed by atoms with E-state index in [0.29, 0.717) is 10.1 Å². The van der Waals surface area contributed by atoms with Gasteiger partial charge in [0.25, 0.3) is 11.8 Å². The van der Waals surface area contributed by atoms with Crippen molar-refractivity contribution < 1.29 is 22.4 Å². The third kappa shape index (κ3) is 4.61. The molecule has 0 saturated carbocycles. The topological polar surface area (TPSA) is 95.6 Å². The second-order valence-corrected chi connectivity index (χ2v) is 9.47. The highest BCUT2D eigenvalue weighted by molar-refractivity contribution is 7.89. The number of benzene rings is 2. The summed E-state index contributed by atoms with van der Waals surface area (Å²) in [5, 5.41) is 0.318. The molecule has 152 valence electrons. The Morgan fingerprint density at radius 1 is 1.10 bits per heavy atom. The third-order valence-electron chi connectivity index (χ3n) is 4.14. The first-order valence-corrected chi connectivity index (χ1v) is 10.7. The molecule has 10 heteroatoms. The lowest BCUT2D eigenvalue weighted by Crippen LogP contribution is -2.46. The van der Waals surface area contributed by atoms with Crippen LogP contribution in [0.4, 0.5) is 4.39 Å². The summed E-state index contributed by atoms with van der Waals surface area (Å²) in [5.41, 5.74) is 5.29. The number of nitrogens with zero attached hydrogens (tertiary/aromatic N) is 1. The summed E-state index contributed by atoms with van der Waals surface area (Å²) >= 11 is 1.08. The average Bonchev–Trinajstić information content (AvgIpc) is 3.12. The van der Waals surface area contributed by atoms with E-state index in [0.717, 1.165) is 21.2 Å². The molecule has 7 nitrogen and oxygen atoms in total. The number of hydrogen-bond donors (Lipinski definition) is 2. The van der Waals surface area contributed by atoms with Gasteiger partial charge in [-0.25, -0.2) is 12.8 Å². The van der Waals surface area contributed by atoms with E-state index in [1.165, 1.54) is 31.3 Å². The van der Waals surface area contributed by atoms with Crippen LogP contribution in [0.25, 0.3) is 10.1 Å². The molecule has 0 aliphatic heterocycles. The molecular weight excluding hydrogens is 417 g/mol. The van der Waals surface area contributed by atoms with Gasteiger partial charge in [-0.3, -0.25) is 20.4 Å². The normalized spacial score (nSPS) is 11.6. The lowest BCUT2D eigenvalue weighted by Gasteiger charge is -2.17. The van der Waals surface area contributed by atoms with Crippen molar-refractivity contribution in [3.8, 4) is 0 Å². The summed E-state index contributed by atoms with van der Waals surface area (Å²) in [4.78, 5) is 24.5. The summed E-state index contributed by atoms with van der Waals surface area (Å²) in [6.45, 7) is 1.35. The van der Waals surface area contributed by atoms with Crippen LogP contribution in [-0.4, -0.2) is 38.1 Å². The average molecular weight is 436 g/mol. The minimum atomic E-state index is -3.84. The predicted molar refractivity (Wildman–Crippen MR) is 108 cm³/mol. The largest absolute Gasteiger partial charge is 0.279 e. The molecule has 0 saturated heterocycles. The van der Waals surface area contributed by atoms with Gasteiger partial charge >= 0.3 is 0 Å². The number of halogens is 1. The fourth-order valence-electron chi connectivity index (χ4n) is 2.54. The monoisotopic (exact) mass is 435 g/mol. The van der Waals surface area contributed by atoms with Crippen molar-refractivity contribution in [2.75, 3.05) is 13.6 Å². The van der Waals surface area contributed by atoms with Gasteiger partial charge in [-0.15, -0.1) is 11.3 Å². The number of aryl methyl sites for hydroxylation is 1. The Hall–Kier alpha value is -2.82. The second-order valence-electron chi connectivity index (χ2n) is 6.34. The van der Waals surface area contributed by atoms with Gasteiger partial charge in [0.2, 0.25) is 10.0 Å². The number of sulfonamides is 1. The molecule has 0 fully saturated rings. The molecule has 0 unspecified atom stereocenters. The molecule has 2 aromatic carbocycles. The maximum atomic E-state index is 13.7. The molecule has 1 heterocycles. The summed E-state index contributed by atoms with van der Waals surface area (Å²) in [5.74, 6) is -1.78. The molecule has 0 aliphatic rings. The molecule has 2 amide bonds. The first kappa shape index (κ1) is 20.9.